The van der Waals surface area contributed by atoms with E-state index in [1.54, 1.807) is 0 Å². The first-order chi connectivity index (χ1) is 4.00. The van der Waals surface area contributed by atoms with Crippen LogP contribution in [0.1, 0.15) is 0 Å². The van der Waals surface area contributed by atoms with Crippen LogP contribution in [0.5, 0.6) is 0 Å². The standard InChI is InChI=1S/8ClH.2Ti/h8*1H;;/q;;;;;;;;2*+4/p-8. The zero-order valence-electron chi connectivity index (χ0n) is 4.02. The molecule has 0 aromatic carbocycles. The van der Waals surface area contributed by atoms with Crippen LogP contribution in [0, 0.1) is 0 Å². The molecule has 10 heavy (non-hydrogen) atoms. The zero-order valence-corrected chi connectivity index (χ0v) is 13.2. The molecule has 0 radical (unpaired) electrons. The molecule has 0 saturated carbocycles. The SMILES string of the molecule is [Cl][Ti]([Cl])([Cl])[Cl].[Cl][Ti]([Cl])([Cl])[Cl]. The summed E-state index contributed by atoms with van der Waals surface area (Å²) in [5.41, 5.74) is 0. The monoisotopic (exact) mass is 376 g/mol. The first kappa shape index (κ1) is 16.2. The van der Waals surface area contributed by atoms with Crippen molar-refractivity contribution in [3.8, 4) is 0 Å². The van der Waals surface area contributed by atoms with Crippen LogP contribution in [0.15, 0.2) is 0 Å². The van der Waals surface area contributed by atoms with E-state index in [0.29, 0.717) is 0 Å². The molecule has 0 aliphatic carbocycles. The average molecular weight is 379 g/mol. The normalized spacial score (nSPS) is 12.0. The summed E-state index contributed by atoms with van der Waals surface area (Å²) >= 11 is -6.22. The maximum absolute atomic E-state index is 5.01. The van der Waals surface area contributed by atoms with E-state index < -0.39 is 24.7 Å². The Labute approximate surface area is 97.0 Å². The molecule has 64 valence electrons. The molecule has 0 amide bonds. The van der Waals surface area contributed by atoms with Crippen LogP contribution in [0.4, 0.5) is 0 Å². The van der Waals surface area contributed by atoms with Crippen molar-refractivity contribution in [3.05, 3.63) is 0 Å². The molecule has 0 aromatic rings. The summed E-state index contributed by atoms with van der Waals surface area (Å²) < 4.78 is 0. The first-order valence-corrected chi connectivity index (χ1v) is 18.7. The molecule has 0 aliphatic rings. The molecule has 0 aliphatic heterocycles. The molecule has 0 saturated heterocycles. The van der Waals surface area contributed by atoms with E-state index in [2.05, 4.69) is 0 Å². The molecule has 0 heterocycles. The quantitative estimate of drug-likeness (QED) is 0.487. The van der Waals surface area contributed by atoms with Gasteiger partial charge in [0.2, 0.25) is 0 Å². The van der Waals surface area contributed by atoms with Gasteiger partial charge >= 0.3 is 99.1 Å². The van der Waals surface area contributed by atoms with E-state index in [-0.39, 0.29) is 0 Å². The van der Waals surface area contributed by atoms with Gasteiger partial charge < -0.3 is 0 Å². The molecule has 0 rings (SSSR count). The van der Waals surface area contributed by atoms with Crippen molar-refractivity contribution in [1.82, 2.24) is 0 Å². The number of rotatable bonds is 0. The molecule has 0 spiro atoms. The predicted molar refractivity (Wildman–Crippen MR) is 46.8 cm³/mol. The van der Waals surface area contributed by atoms with Crippen LogP contribution < -0.4 is 0 Å². The van der Waals surface area contributed by atoms with Gasteiger partial charge in [0.05, 0.1) is 0 Å². The minimum atomic E-state index is -3.11. The van der Waals surface area contributed by atoms with Gasteiger partial charge in [-0.15, -0.1) is 0 Å². The third-order valence-electron chi connectivity index (χ3n) is 0. The summed E-state index contributed by atoms with van der Waals surface area (Å²) in [6, 6.07) is 0. The molecule has 0 unspecified atom stereocenters. The van der Waals surface area contributed by atoms with Gasteiger partial charge in [-0.25, -0.2) is 0 Å². The molecule has 0 atom stereocenters. The summed E-state index contributed by atoms with van der Waals surface area (Å²) in [6.45, 7) is 0. The van der Waals surface area contributed by atoms with Crippen LogP contribution in [0.2, 0.25) is 0 Å². The molecular formula is Cl8Ti2. The molecule has 0 fully saturated rings. The van der Waals surface area contributed by atoms with E-state index >= 15 is 0 Å². The molecule has 0 N–H and O–H groups in total. The van der Waals surface area contributed by atoms with Crippen molar-refractivity contribution in [2.45, 2.75) is 0 Å². The Kier molecular flexibility index (Phi) is 11.5. The van der Waals surface area contributed by atoms with Gasteiger partial charge in [-0.1, -0.05) is 0 Å². The minimum absolute atomic E-state index is 3.11. The third kappa shape index (κ3) is 96.6. The van der Waals surface area contributed by atoms with Crippen molar-refractivity contribution < 1.29 is 24.7 Å². The van der Waals surface area contributed by atoms with Crippen molar-refractivity contribution in [2.75, 3.05) is 0 Å². The second-order valence-corrected chi connectivity index (χ2v) is 31.8. The van der Waals surface area contributed by atoms with Crippen LogP contribution in [-0.4, -0.2) is 0 Å². The summed E-state index contributed by atoms with van der Waals surface area (Å²) in [6.07, 6.45) is 0. The summed E-state index contributed by atoms with van der Waals surface area (Å²) in [5.74, 6) is 0. The van der Waals surface area contributed by atoms with Crippen LogP contribution in [0.25, 0.3) is 0 Å². The summed E-state index contributed by atoms with van der Waals surface area (Å²) in [4.78, 5) is 0. The molecule has 0 nitrogen and oxygen atoms in total. The molecule has 10 heteroatoms. The number of hydrogen-bond donors (Lipinski definition) is 0. The summed E-state index contributed by atoms with van der Waals surface area (Å²) in [5, 5.41) is 0. The van der Waals surface area contributed by atoms with Gasteiger partial charge in [0.15, 0.2) is 0 Å². The van der Waals surface area contributed by atoms with Crippen molar-refractivity contribution in [1.29, 1.82) is 0 Å². The van der Waals surface area contributed by atoms with E-state index in [0.717, 1.165) is 0 Å². The van der Waals surface area contributed by atoms with E-state index in [1.807, 2.05) is 0 Å². The van der Waals surface area contributed by atoms with Crippen LogP contribution in [-0.2, 0) is 24.7 Å². The molecule has 0 aromatic heterocycles. The second-order valence-electron chi connectivity index (χ2n) is 0.857. The van der Waals surface area contributed by atoms with E-state index in [4.69, 9.17) is 74.4 Å². The van der Waals surface area contributed by atoms with Crippen molar-refractivity contribution >= 4 is 74.4 Å². The third-order valence-corrected chi connectivity index (χ3v) is 0. The van der Waals surface area contributed by atoms with Crippen molar-refractivity contribution in [2.24, 2.45) is 0 Å². The van der Waals surface area contributed by atoms with Gasteiger partial charge in [0, 0.05) is 0 Å². The van der Waals surface area contributed by atoms with E-state index in [1.165, 1.54) is 0 Å². The average Bonchev–Trinajstić information content (AvgIpc) is 1.12. The second kappa shape index (κ2) is 7.09. The fourth-order valence-electron chi connectivity index (χ4n) is 0. The zero-order chi connectivity index (χ0) is 9.00. The Bertz CT molecular complexity index is 50.2. The van der Waals surface area contributed by atoms with Crippen molar-refractivity contribution in [3.63, 3.8) is 0 Å². The Balaban J connectivity index is 0. The topological polar surface area (TPSA) is 0 Å². The van der Waals surface area contributed by atoms with Gasteiger partial charge in [-0.3, -0.25) is 0 Å². The Morgan fingerprint density at radius 2 is 0.400 bits per heavy atom. The van der Waals surface area contributed by atoms with Gasteiger partial charge in [0.25, 0.3) is 0 Å². The van der Waals surface area contributed by atoms with Crippen LogP contribution >= 0.6 is 74.4 Å². The van der Waals surface area contributed by atoms with Gasteiger partial charge in [0.1, 0.15) is 0 Å². The number of hydrogen-bond acceptors (Lipinski definition) is 0. The molecule has 0 bridgehead atoms. The fraction of sp³-hybridized carbons (Fsp3) is 0. The number of halogens is 8. The Hall–Kier alpha value is 3.75. The van der Waals surface area contributed by atoms with Gasteiger partial charge in [-0.2, -0.15) is 0 Å². The predicted octanol–water partition coefficient (Wildman–Crippen LogP) is 5.51. The Morgan fingerprint density at radius 3 is 0.400 bits per heavy atom. The van der Waals surface area contributed by atoms with Crippen LogP contribution in [0.3, 0.4) is 0 Å². The molecular weight excluding hydrogens is 379 g/mol. The van der Waals surface area contributed by atoms with Gasteiger partial charge in [-0.05, 0) is 0 Å². The Morgan fingerprint density at radius 1 is 0.400 bits per heavy atom. The first-order valence-electron chi connectivity index (χ1n) is 1.51. The fourth-order valence-corrected chi connectivity index (χ4v) is 0. The maximum atomic E-state index is 5.01. The van der Waals surface area contributed by atoms with E-state index in [9.17, 15) is 0 Å². The summed E-state index contributed by atoms with van der Waals surface area (Å²) in [7, 11) is 40.1.